The van der Waals surface area contributed by atoms with E-state index in [4.69, 9.17) is 10.5 Å². The second-order valence-corrected chi connectivity index (χ2v) is 9.75. The van der Waals surface area contributed by atoms with Crippen LogP contribution in [0.5, 0.6) is 0 Å². The summed E-state index contributed by atoms with van der Waals surface area (Å²) in [5, 5.41) is 5.46. The molecule has 0 aliphatic heterocycles. The number of esters is 1. The lowest BCUT2D eigenvalue weighted by molar-refractivity contribution is -0.146. The number of nitrogens with one attached hydrogen (secondary N) is 2. The van der Waals surface area contributed by atoms with E-state index in [0.717, 1.165) is 35.3 Å². The highest BCUT2D eigenvalue weighted by atomic mass is 32.1. The minimum atomic E-state index is -0.747. The van der Waals surface area contributed by atoms with Gasteiger partial charge in [-0.1, -0.05) is 32.9 Å². The number of ether oxygens (including phenoxy) is 1. The third-order valence-corrected chi connectivity index (χ3v) is 6.40. The quantitative estimate of drug-likeness (QED) is 0.551. The number of hydrogen-bond donors (Lipinski definition) is 3. The second kappa shape index (κ2) is 9.52. The molecule has 0 radical (unpaired) electrons. The Morgan fingerprint density at radius 1 is 1.09 bits per heavy atom. The van der Waals surface area contributed by atoms with Gasteiger partial charge in [0.15, 0.2) is 6.61 Å². The van der Waals surface area contributed by atoms with Crippen molar-refractivity contribution in [2.75, 3.05) is 18.5 Å². The Labute approximate surface area is 190 Å². The zero-order valence-corrected chi connectivity index (χ0v) is 19.2. The second-order valence-electron chi connectivity index (χ2n) is 8.64. The van der Waals surface area contributed by atoms with Crippen LogP contribution in [0.2, 0.25) is 0 Å². The van der Waals surface area contributed by atoms with Crippen molar-refractivity contribution in [3.05, 3.63) is 51.4 Å². The standard InChI is InChI=1S/C23H27N3O5S/c1-23(2,3)14-9-7-13(8-10-14)21(30)25-11-18(28)31-12-17(27)26-22-19(20(24)29)15-5-4-6-16(15)32-22/h7-10H,4-6,11-12H2,1-3H3,(H2,24,29)(H,25,30)(H,26,27). The molecule has 3 rings (SSSR count). The van der Waals surface area contributed by atoms with Crippen molar-refractivity contribution in [1.82, 2.24) is 5.32 Å². The van der Waals surface area contributed by atoms with Gasteiger partial charge in [0.05, 0.1) is 5.56 Å². The zero-order chi connectivity index (χ0) is 23.5. The van der Waals surface area contributed by atoms with Crippen LogP contribution in [0.25, 0.3) is 0 Å². The molecular weight excluding hydrogens is 430 g/mol. The molecule has 0 spiro atoms. The van der Waals surface area contributed by atoms with Gasteiger partial charge in [-0.05, 0) is 47.9 Å². The molecule has 32 heavy (non-hydrogen) atoms. The minimum absolute atomic E-state index is 0.0270. The zero-order valence-electron chi connectivity index (χ0n) is 18.4. The van der Waals surface area contributed by atoms with Crippen molar-refractivity contribution in [2.45, 2.75) is 45.4 Å². The van der Waals surface area contributed by atoms with E-state index in [9.17, 15) is 19.2 Å². The summed E-state index contributed by atoms with van der Waals surface area (Å²) in [6.45, 7) is 5.33. The maximum Gasteiger partial charge on any atom is 0.325 e. The monoisotopic (exact) mass is 457 g/mol. The number of fused-ring (bicyclic) bond motifs is 1. The average molecular weight is 458 g/mol. The Bertz CT molecular complexity index is 1050. The summed E-state index contributed by atoms with van der Waals surface area (Å²) in [6, 6.07) is 7.14. The molecule has 1 heterocycles. The Balaban J connectivity index is 1.46. The predicted molar refractivity (Wildman–Crippen MR) is 122 cm³/mol. The lowest BCUT2D eigenvalue weighted by Crippen LogP contribution is -2.32. The number of hydrogen-bond acceptors (Lipinski definition) is 6. The highest BCUT2D eigenvalue weighted by Gasteiger charge is 2.26. The topological polar surface area (TPSA) is 128 Å². The molecule has 1 aromatic heterocycles. The first-order valence-corrected chi connectivity index (χ1v) is 11.2. The first-order chi connectivity index (χ1) is 15.1. The molecule has 4 N–H and O–H groups in total. The molecule has 1 aliphatic carbocycles. The van der Waals surface area contributed by atoms with E-state index in [1.165, 1.54) is 11.3 Å². The smallest absolute Gasteiger partial charge is 0.325 e. The van der Waals surface area contributed by atoms with Gasteiger partial charge in [-0.15, -0.1) is 11.3 Å². The highest BCUT2D eigenvalue weighted by molar-refractivity contribution is 7.17. The average Bonchev–Trinajstić information content (AvgIpc) is 3.30. The van der Waals surface area contributed by atoms with Crippen LogP contribution < -0.4 is 16.4 Å². The third-order valence-electron chi connectivity index (χ3n) is 5.19. The number of amides is 3. The van der Waals surface area contributed by atoms with Crippen LogP contribution in [0.15, 0.2) is 24.3 Å². The van der Waals surface area contributed by atoms with Crippen LogP contribution in [-0.2, 0) is 32.6 Å². The normalized spacial score (nSPS) is 12.7. The Morgan fingerprint density at radius 3 is 2.41 bits per heavy atom. The largest absolute Gasteiger partial charge is 0.454 e. The SMILES string of the molecule is CC(C)(C)c1ccc(C(=O)NCC(=O)OCC(=O)Nc2sc3c(c2C(N)=O)CCC3)cc1. The summed E-state index contributed by atoms with van der Waals surface area (Å²) in [7, 11) is 0. The van der Waals surface area contributed by atoms with Crippen molar-refractivity contribution >= 4 is 40.0 Å². The van der Waals surface area contributed by atoms with E-state index in [2.05, 4.69) is 31.4 Å². The van der Waals surface area contributed by atoms with Gasteiger partial charge in [-0.2, -0.15) is 0 Å². The van der Waals surface area contributed by atoms with Gasteiger partial charge in [0.25, 0.3) is 17.7 Å². The van der Waals surface area contributed by atoms with Crippen LogP contribution in [0.4, 0.5) is 5.00 Å². The number of carbonyl (C=O) groups excluding carboxylic acids is 4. The van der Waals surface area contributed by atoms with Crippen molar-refractivity contribution in [2.24, 2.45) is 5.73 Å². The Morgan fingerprint density at radius 2 is 1.78 bits per heavy atom. The summed E-state index contributed by atoms with van der Waals surface area (Å²) in [5.74, 6) is -2.32. The van der Waals surface area contributed by atoms with E-state index in [1.807, 2.05) is 12.1 Å². The molecule has 170 valence electrons. The number of benzene rings is 1. The first kappa shape index (κ1) is 23.5. The van der Waals surface area contributed by atoms with Crippen LogP contribution in [0.1, 0.15) is 63.9 Å². The fraction of sp³-hybridized carbons (Fsp3) is 0.391. The van der Waals surface area contributed by atoms with E-state index in [1.54, 1.807) is 12.1 Å². The molecule has 3 amide bonds. The summed E-state index contributed by atoms with van der Waals surface area (Å²) >= 11 is 1.32. The number of anilines is 1. The summed E-state index contributed by atoms with van der Waals surface area (Å²) in [5.41, 5.74) is 8.19. The lowest BCUT2D eigenvalue weighted by Gasteiger charge is -2.19. The van der Waals surface area contributed by atoms with Crippen LogP contribution in [0, 0.1) is 0 Å². The molecule has 2 aromatic rings. The third kappa shape index (κ3) is 5.53. The van der Waals surface area contributed by atoms with Gasteiger partial charge < -0.3 is 21.1 Å². The van der Waals surface area contributed by atoms with Crippen molar-refractivity contribution in [3.63, 3.8) is 0 Å². The predicted octanol–water partition coefficient (Wildman–Crippen LogP) is 2.54. The molecule has 0 saturated carbocycles. The number of primary amides is 1. The molecule has 0 atom stereocenters. The molecule has 8 nitrogen and oxygen atoms in total. The van der Waals surface area contributed by atoms with E-state index >= 15 is 0 Å². The Kier molecular flexibility index (Phi) is 6.98. The lowest BCUT2D eigenvalue weighted by atomic mass is 9.87. The van der Waals surface area contributed by atoms with Crippen LogP contribution in [-0.4, -0.2) is 36.8 Å². The van der Waals surface area contributed by atoms with Crippen LogP contribution in [0.3, 0.4) is 0 Å². The van der Waals surface area contributed by atoms with Gasteiger partial charge in [-0.25, -0.2) is 0 Å². The Hall–Kier alpha value is -3.20. The summed E-state index contributed by atoms with van der Waals surface area (Å²) < 4.78 is 4.93. The molecular formula is C23H27N3O5S. The fourth-order valence-electron chi connectivity index (χ4n) is 3.49. The maximum absolute atomic E-state index is 12.2. The molecule has 0 saturated heterocycles. The molecule has 0 unspecified atom stereocenters. The summed E-state index contributed by atoms with van der Waals surface area (Å²) in [4.78, 5) is 49.1. The highest BCUT2D eigenvalue weighted by Crippen LogP contribution is 2.38. The van der Waals surface area contributed by atoms with Crippen molar-refractivity contribution < 1.29 is 23.9 Å². The minimum Gasteiger partial charge on any atom is -0.454 e. The van der Waals surface area contributed by atoms with Gasteiger partial charge in [0, 0.05) is 10.4 Å². The van der Waals surface area contributed by atoms with Crippen LogP contribution >= 0.6 is 11.3 Å². The van der Waals surface area contributed by atoms with Gasteiger partial charge in [0.2, 0.25) is 0 Å². The number of rotatable bonds is 7. The molecule has 0 fully saturated rings. The number of carbonyl (C=O) groups is 4. The van der Waals surface area contributed by atoms with Crippen molar-refractivity contribution in [3.8, 4) is 0 Å². The van der Waals surface area contributed by atoms with Gasteiger partial charge in [0.1, 0.15) is 11.5 Å². The number of thiophene rings is 1. The molecule has 1 aliphatic rings. The summed E-state index contributed by atoms with van der Waals surface area (Å²) in [6.07, 6.45) is 2.57. The molecule has 1 aromatic carbocycles. The number of nitrogens with two attached hydrogens (primary N) is 1. The van der Waals surface area contributed by atoms with E-state index in [0.29, 0.717) is 16.1 Å². The van der Waals surface area contributed by atoms with E-state index < -0.39 is 30.3 Å². The first-order valence-electron chi connectivity index (χ1n) is 10.3. The van der Waals surface area contributed by atoms with Gasteiger partial charge >= 0.3 is 5.97 Å². The maximum atomic E-state index is 12.2. The molecule has 9 heteroatoms. The number of aryl methyl sites for hydroxylation is 1. The van der Waals surface area contributed by atoms with E-state index in [-0.39, 0.29) is 12.0 Å². The van der Waals surface area contributed by atoms with Gasteiger partial charge in [-0.3, -0.25) is 19.2 Å². The fourth-order valence-corrected chi connectivity index (χ4v) is 4.80. The van der Waals surface area contributed by atoms with Crippen molar-refractivity contribution in [1.29, 1.82) is 0 Å². The molecule has 0 bridgehead atoms.